The number of carbonyl (C=O) groups excluding carboxylic acids is 3. The molecule has 2 N–H and O–H groups in total. The van der Waals surface area contributed by atoms with Crippen LogP contribution in [0.5, 0.6) is 0 Å². The van der Waals surface area contributed by atoms with E-state index in [4.69, 9.17) is 23.3 Å². The molecule has 0 heterocycles. The SMILES string of the molecule is CC/C=C\C/C=C\C/C=C\CCCCCCCCCC(=O)OC(COC(=O)CCCCCCC/C=C\C/C=C\CCCCC)COP(=O)(O)OCC(CO)OC(=O)CCCCC/C=C\C/C=C\C/C=C\CC. The Balaban J connectivity index is 4.80. The van der Waals surface area contributed by atoms with Crippen LogP contribution in [0.4, 0.5) is 0 Å². The molecule has 0 fully saturated rings. The number of unbranched alkanes of at least 4 members (excludes halogenated alkanes) is 18. The monoisotopic (exact) mass is 1030 g/mol. The van der Waals surface area contributed by atoms with Gasteiger partial charge in [0, 0.05) is 19.3 Å². The molecule has 0 radical (unpaired) electrons. The molecule has 0 aliphatic carbocycles. The predicted octanol–water partition coefficient (Wildman–Crippen LogP) is 16.5. The highest BCUT2D eigenvalue weighted by molar-refractivity contribution is 7.47. The van der Waals surface area contributed by atoms with Crippen molar-refractivity contribution in [3.63, 3.8) is 0 Å². The molecule has 0 aliphatic rings. The molecule has 0 aromatic rings. The van der Waals surface area contributed by atoms with Crippen LogP contribution in [0.3, 0.4) is 0 Å². The molecule has 412 valence electrons. The second kappa shape index (κ2) is 53.7. The molecule has 3 unspecified atom stereocenters. The molecule has 0 aromatic heterocycles. The summed E-state index contributed by atoms with van der Waals surface area (Å²) in [7, 11) is -4.76. The Hall–Kier alpha value is -3.60. The van der Waals surface area contributed by atoms with Crippen LogP contribution < -0.4 is 0 Å². The summed E-state index contributed by atoms with van der Waals surface area (Å²) < 4.78 is 39.4. The van der Waals surface area contributed by atoms with Crippen LogP contribution in [-0.4, -0.2) is 66.5 Å². The standard InChI is InChI=1S/C60H101O11P/c1-4-7-10-13-16-19-22-25-27-28-30-33-36-39-42-45-48-51-60(64)71-57(53-67-58(62)49-46-43-40-37-34-32-29-26-23-20-17-14-11-8-5-2)55-69-72(65,66)68-54-56(52-61)70-59(63)50-47-44-41-38-35-31-24-21-18-15-12-9-6-3/h7,9-10,12,16-21,25-27,29,31,35,56-57,61H,4-6,8,11,13-15,22-24,28,30,32-34,36-55H2,1-3H3,(H,65,66)/b10-7-,12-9-,19-16-,20-17-,21-18-,27-25-,29-26-,35-31-. The fourth-order valence-corrected chi connectivity index (χ4v) is 8.02. The molecule has 0 aromatic carbocycles. The number of allylic oxidation sites excluding steroid dienone is 16. The number of phosphoric acid groups is 1. The molecule has 0 spiro atoms. The molecule has 0 amide bonds. The lowest BCUT2D eigenvalue weighted by atomic mass is 10.1. The van der Waals surface area contributed by atoms with Crippen LogP contribution in [0.2, 0.25) is 0 Å². The molecule has 12 heteroatoms. The number of esters is 3. The number of hydrogen-bond donors (Lipinski definition) is 2. The Morgan fingerprint density at radius 3 is 1.12 bits per heavy atom. The summed E-state index contributed by atoms with van der Waals surface area (Å²) >= 11 is 0. The zero-order chi connectivity index (χ0) is 52.7. The van der Waals surface area contributed by atoms with Gasteiger partial charge in [0.25, 0.3) is 0 Å². The van der Waals surface area contributed by atoms with Crippen molar-refractivity contribution in [3.05, 3.63) is 97.2 Å². The minimum atomic E-state index is -4.76. The zero-order valence-corrected chi connectivity index (χ0v) is 46.3. The molecule has 72 heavy (non-hydrogen) atoms. The van der Waals surface area contributed by atoms with Gasteiger partial charge in [0.2, 0.25) is 0 Å². The molecule has 0 rings (SSSR count). The van der Waals surface area contributed by atoms with Gasteiger partial charge in [-0.05, 0) is 116 Å². The third-order valence-electron chi connectivity index (χ3n) is 11.5. The summed E-state index contributed by atoms with van der Waals surface area (Å²) in [5.41, 5.74) is 0. The molecule has 0 saturated heterocycles. The number of rotatable bonds is 51. The smallest absolute Gasteiger partial charge is 0.462 e. The fraction of sp³-hybridized carbons (Fsp3) is 0.683. The van der Waals surface area contributed by atoms with Crippen molar-refractivity contribution in [2.45, 2.75) is 238 Å². The largest absolute Gasteiger partial charge is 0.472 e. The Morgan fingerprint density at radius 2 is 0.722 bits per heavy atom. The van der Waals surface area contributed by atoms with E-state index in [1.165, 1.54) is 25.7 Å². The highest BCUT2D eigenvalue weighted by Crippen LogP contribution is 2.43. The molecule has 0 saturated carbocycles. The molecule has 11 nitrogen and oxygen atoms in total. The van der Waals surface area contributed by atoms with Crippen LogP contribution in [0.15, 0.2) is 97.2 Å². The summed E-state index contributed by atoms with van der Waals surface area (Å²) in [4.78, 5) is 48.5. The molecule has 0 bridgehead atoms. The van der Waals surface area contributed by atoms with Crippen molar-refractivity contribution >= 4 is 25.7 Å². The van der Waals surface area contributed by atoms with Gasteiger partial charge in [-0.1, -0.05) is 189 Å². The summed E-state index contributed by atoms with van der Waals surface area (Å²) in [6, 6.07) is 0. The predicted molar refractivity (Wildman–Crippen MR) is 297 cm³/mol. The van der Waals surface area contributed by atoms with Gasteiger partial charge in [-0.15, -0.1) is 0 Å². The number of aliphatic hydroxyl groups is 1. The number of aliphatic hydroxyl groups excluding tert-OH is 1. The summed E-state index contributed by atoms with van der Waals surface area (Å²) in [5, 5.41) is 9.79. The Kier molecular flexibility index (Phi) is 51.0. The van der Waals surface area contributed by atoms with E-state index in [1.54, 1.807) is 0 Å². The second-order valence-electron chi connectivity index (χ2n) is 18.3. The van der Waals surface area contributed by atoms with Gasteiger partial charge in [0.15, 0.2) is 6.10 Å². The number of phosphoric ester groups is 1. The van der Waals surface area contributed by atoms with Crippen molar-refractivity contribution in [2.24, 2.45) is 0 Å². The number of carbonyl (C=O) groups is 3. The summed E-state index contributed by atoms with van der Waals surface area (Å²) in [6.45, 7) is 4.32. The van der Waals surface area contributed by atoms with Gasteiger partial charge < -0.3 is 24.2 Å². The number of ether oxygens (including phenoxy) is 3. The van der Waals surface area contributed by atoms with Gasteiger partial charge >= 0.3 is 25.7 Å². The van der Waals surface area contributed by atoms with Crippen molar-refractivity contribution in [2.75, 3.05) is 26.4 Å². The van der Waals surface area contributed by atoms with Crippen LogP contribution in [-0.2, 0) is 42.2 Å². The van der Waals surface area contributed by atoms with Crippen molar-refractivity contribution in [1.29, 1.82) is 0 Å². The third kappa shape index (κ3) is 51.3. The van der Waals surface area contributed by atoms with E-state index >= 15 is 0 Å². The first-order chi connectivity index (χ1) is 35.2. The summed E-state index contributed by atoms with van der Waals surface area (Å²) in [5.74, 6) is -1.53. The van der Waals surface area contributed by atoms with Crippen LogP contribution in [0.1, 0.15) is 226 Å². The van der Waals surface area contributed by atoms with Crippen molar-refractivity contribution < 1.29 is 52.2 Å². The maximum Gasteiger partial charge on any atom is 0.472 e. The highest BCUT2D eigenvalue weighted by atomic mass is 31.2. The third-order valence-corrected chi connectivity index (χ3v) is 12.4. The second-order valence-corrected chi connectivity index (χ2v) is 19.8. The first-order valence-corrected chi connectivity index (χ1v) is 29.6. The average Bonchev–Trinajstić information content (AvgIpc) is 3.37. The highest BCUT2D eigenvalue weighted by Gasteiger charge is 2.28. The first-order valence-electron chi connectivity index (χ1n) is 28.1. The quantitative estimate of drug-likeness (QED) is 0.0197. The van der Waals surface area contributed by atoms with E-state index < -0.39 is 57.8 Å². The fourth-order valence-electron chi connectivity index (χ4n) is 7.24. The van der Waals surface area contributed by atoms with Gasteiger partial charge in [-0.2, -0.15) is 0 Å². The van der Waals surface area contributed by atoms with Crippen LogP contribution in [0, 0.1) is 0 Å². The van der Waals surface area contributed by atoms with Crippen molar-refractivity contribution in [1.82, 2.24) is 0 Å². The van der Waals surface area contributed by atoms with E-state index in [-0.39, 0.29) is 25.9 Å². The summed E-state index contributed by atoms with van der Waals surface area (Å²) in [6.07, 6.45) is 62.2. The average molecular weight is 1030 g/mol. The Bertz CT molecular complexity index is 1580. The van der Waals surface area contributed by atoms with Crippen LogP contribution in [0.25, 0.3) is 0 Å². The molecular weight excluding hydrogens is 928 g/mol. The van der Waals surface area contributed by atoms with E-state index in [0.29, 0.717) is 19.3 Å². The van der Waals surface area contributed by atoms with Gasteiger partial charge in [0.05, 0.1) is 19.8 Å². The lowest BCUT2D eigenvalue weighted by Gasteiger charge is -2.21. The Morgan fingerprint density at radius 1 is 0.403 bits per heavy atom. The first kappa shape index (κ1) is 68.4. The van der Waals surface area contributed by atoms with E-state index in [0.717, 1.165) is 141 Å². The number of hydrogen-bond acceptors (Lipinski definition) is 10. The Labute approximate surface area is 438 Å². The topological polar surface area (TPSA) is 155 Å². The van der Waals surface area contributed by atoms with Crippen molar-refractivity contribution in [3.8, 4) is 0 Å². The maximum atomic E-state index is 12.9. The zero-order valence-electron chi connectivity index (χ0n) is 45.4. The van der Waals surface area contributed by atoms with Gasteiger partial charge in [-0.25, -0.2) is 4.57 Å². The van der Waals surface area contributed by atoms with E-state index in [1.807, 2.05) is 0 Å². The van der Waals surface area contributed by atoms with E-state index in [9.17, 15) is 28.9 Å². The normalized spacial score (nSPS) is 14.1. The molecular formula is C60H101O11P. The lowest BCUT2D eigenvalue weighted by molar-refractivity contribution is -0.161. The van der Waals surface area contributed by atoms with Gasteiger partial charge in [0.1, 0.15) is 12.7 Å². The minimum absolute atomic E-state index is 0.136. The lowest BCUT2D eigenvalue weighted by Crippen LogP contribution is -2.30. The maximum absolute atomic E-state index is 12.9. The molecule has 3 atom stereocenters. The minimum Gasteiger partial charge on any atom is -0.462 e. The van der Waals surface area contributed by atoms with Gasteiger partial charge in [-0.3, -0.25) is 23.4 Å². The molecule has 0 aliphatic heterocycles. The van der Waals surface area contributed by atoms with E-state index in [2.05, 4.69) is 118 Å². The van der Waals surface area contributed by atoms with Crippen LogP contribution >= 0.6 is 7.82 Å².